The van der Waals surface area contributed by atoms with Gasteiger partial charge in [-0.3, -0.25) is 0 Å². The molecule has 3 saturated carbocycles. The van der Waals surface area contributed by atoms with Crippen LogP contribution in [0.4, 0.5) is 5.13 Å². The summed E-state index contributed by atoms with van der Waals surface area (Å²) < 4.78 is 0. The third-order valence-corrected chi connectivity index (χ3v) is 9.86. The highest BCUT2D eigenvalue weighted by molar-refractivity contribution is 7.13. The molecular weight excluding hydrogens is 396 g/mol. The molecule has 1 aromatic rings. The number of nitrogens with zero attached hydrogens (tertiary/aromatic N) is 1. The maximum absolute atomic E-state index is 11.8. The van der Waals surface area contributed by atoms with E-state index >= 15 is 0 Å². The van der Waals surface area contributed by atoms with Crippen LogP contribution in [-0.4, -0.2) is 27.9 Å². The molecule has 5 rings (SSSR count). The Morgan fingerprint density at radius 1 is 1.17 bits per heavy atom. The van der Waals surface area contributed by atoms with Gasteiger partial charge in [-0.25, -0.2) is 4.98 Å². The van der Waals surface area contributed by atoms with Gasteiger partial charge in [0.15, 0.2) is 5.13 Å². The van der Waals surface area contributed by atoms with E-state index in [1.165, 1.54) is 29.8 Å². The van der Waals surface area contributed by atoms with E-state index in [0.29, 0.717) is 22.9 Å². The highest BCUT2D eigenvalue weighted by Gasteiger charge is 2.65. The first-order valence-corrected chi connectivity index (χ1v) is 12.5. The van der Waals surface area contributed by atoms with Gasteiger partial charge < -0.3 is 21.1 Å². The molecule has 6 heteroatoms. The van der Waals surface area contributed by atoms with Crippen molar-refractivity contribution in [2.45, 2.75) is 83.8 Å². The lowest BCUT2D eigenvalue weighted by atomic mass is 9.46. The number of rotatable bonds is 1. The number of thiazole rings is 1. The van der Waals surface area contributed by atoms with Crippen molar-refractivity contribution in [1.82, 2.24) is 4.98 Å². The molecule has 0 unspecified atom stereocenters. The number of aromatic nitrogens is 1. The molecule has 3 fully saturated rings. The lowest BCUT2D eigenvalue weighted by molar-refractivity contribution is -0.361. The largest absolute Gasteiger partial charge is 0.855 e. The maximum atomic E-state index is 11.8. The zero-order valence-electron chi connectivity index (χ0n) is 18.6. The van der Waals surface area contributed by atoms with E-state index in [1.54, 1.807) is 6.92 Å². The van der Waals surface area contributed by atoms with Gasteiger partial charge in [0.25, 0.3) is 0 Å². The van der Waals surface area contributed by atoms with Crippen molar-refractivity contribution >= 4 is 16.5 Å². The Morgan fingerprint density at radius 3 is 2.53 bits per heavy atom. The van der Waals surface area contributed by atoms with Gasteiger partial charge in [0.05, 0.1) is 11.8 Å². The predicted octanol–water partition coefficient (Wildman–Crippen LogP) is 3.60. The molecule has 0 aliphatic heterocycles. The van der Waals surface area contributed by atoms with Crippen molar-refractivity contribution in [3.8, 4) is 0 Å². The van der Waals surface area contributed by atoms with Gasteiger partial charge >= 0.3 is 0 Å². The molecule has 0 aromatic carbocycles. The number of aliphatic hydroxyl groups excluding tert-OH is 1. The minimum Gasteiger partial charge on any atom is -0.855 e. The van der Waals surface area contributed by atoms with Crippen LogP contribution in [0, 0.1) is 28.6 Å². The first-order chi connectivity index (χ1) is 14.2. The monoisotopic (exact) mass is 433 g/mol. The Bertz CT molecular complexity index is 810. The minimum absolute atomic E-state index is 0. The molecule has 0 spiro atoms. The quantitative estimate of drug-likeness (QED) is 0.587. The second kappa shape index (κ2) is 7.88. The molecule has 0 amide bonds. The molecule has 1 aromatic heterocycles. The third kappa shape index (κ3) is 3.17. The average molecular weight is 434 g/mol. The van der Waals surface area contributed by atoms with Gasteiger partial charge in [-0.2, -0.15) is 0 Å². The molecule has 0 saturated heterocycles. The van der Waals surface area contributed by atoms with Gasteiger partial charge in [0, 0.05) is 10.8 Å². The Morgan fingerprint density at radius 2 is 1.87 bits per heavy atom. The Balaban J connectivity index is 0.000000687. The fourth-order valence-corrected chi connectivity index (χ4v) is 8.26. The summed E-state index contributed by atoms with van der Waals surface area (Å²) in [4.78, 5) is 4.50. The molecule has 5 nitrogen and oxygen atoms in total. The van der Waals surface area contributed by atoms with E-state index in [4.69, 9.17) is 10.8 Å². The standard InChI is InChI=1S/C22H32N2O2S.C2H5O/c1-20-8-5-14(25)11-13(20)3-4-15-16(20)6-9-21(2)17(15)7-10-22(21,26)18-12-27-19(23)24-18;1-2-3/h11-12,14-17,25-26H,3-10H2,1-2H3,(H2,23,24);2H2,1H3/q;-1/t14-,15+,16-,17-,20-,21-,22-;/m0./s1. The summed E-state index contributed by atoms with van der Waals surface area (Å²) in [6, 6.07) is 0. The van der Waals surface area contributed by atoms with Crippen LogP contribution in [0.15, 0.2) is 17.0 Å². The SMILES string of the molecule is CC[O-].C[C@]12CC[C@H](O)C=C1CC[C@@H]1[C@@H]2CC[C@@]2(C)[C@H]1CC[C@]2(O)c1csc(N)n1. The molecule has 30 heavy (non-hydrogen) atoms. The Kier molecular flexibility index (Phi) is 5.84. The van der Waals surface area contributed by atoms with Gasteiger partial charge in [-0.1, -0.05) is 32.4 Å². The van der Waals surface area contributed by atoms with Crippen LogP contribution in [-0.2, 0) is 5.60 Å². The number of hydrogen-bond donors (Lipinski definition) is 3. The first-order valence-electron chi connectivity index (χ1n) is 11.6. The summed E-state index contributed by atoms with van der Waals surface area (Å²) in [6.45, 7) is 6.33. The van der Waals surface area contributed by atoms with Crippen LogP contribution >= 0.6 is 11.3 Å². The Hall–Kier alpha value is -0.950. The van der Waals surface area contributed by atoms with E-state index < -0.39 is 5.60 Å². The fraction of sp³-hybridized carbons (Fsp3) is 0.792. The molecule has 0 radical (unpaired) electrons. The number of aliphatic hydroxyl groups is 2. The fourth-order valence-electron chi connectivity index (χ4n) is 7.62. The molecule has 4 aliphatic carbocycles. The van der Waals surface area contributed by atoms with Gasteiger partial charge in [-0.05, 0) is 74.5 Å². The first kappa shape index (κ1) is 22.3. The lowest BCUT2D eigenvalue weighted by Crippen LogP contribution is -2.54. The van der Waals surface area contributed by atoms with Crippen molar-refractivity contribution in [2.24, 2.45) is 28.6 Å². The van der Waals surface area contributed by atoms with Crippen molar-refractivity contribution in [2.75, 3.05) is 12.3 Å². The van der Waals surface area contributed by atoms with Crippen molar-refractivity contribution in [1.29, 1.82) is 0 Å². The van der Waals surface area contributed by atoms with Crippen molar-refractivity contribution in [3.63, 3.8) is 0 Å². The van der Waals surface area contributed by atoms with Crippen LogP contribution in [0.1, 0.15) is 77.8 Å². The van der Waals surface area contributed by atoms with Crippen LogP contribution < -0.4 is 10.8 Å². The smallest absolute Gasteiger partial charge is 0.180 e. The zero-order valence-corrected chi connectivity index (χ0v) is 19.4. The lowest BCUT2D eigenvalue weighted by Gasteiger charge is -2.59. The number of allylic oxidation sites excluding steroid dienone is 1. The average Bonchev–Trinajstić information content (AvgIpc) is 3.25. The topological polar surface area (TPSA) is 102 Å². The van der Waals surface area contributed by atoms with E-state index in [-0.39, 0.29) is 23.5 Å². The summed E-state index contributed by atoms with van der Waals surface area (Å²) in [5.74, 6) is 1.91. The molecule has 0 bridgehead atoms. The predicted molar refractivity (Wildman–Crippen MR) is 119 cm³/mol. The van der Waals surface area contributed by atoms with Crippen LogP contribution in [0.3, 0.4) is 0 Å². The second-order valence-electron chi connectivity index (χ2n) is 10.3. The number of hydrogen-bond acceptors (Lipinski definition) is 6. The molecular formula is C24H37N2O3S-. The highest BCUT2D eigenvalue weighted by Crippen LogP contribution is 2.69. The third-order valence-electron chi connectivity index (χ3n) is 9.19. The van der Waals surface area contributed by atoms with E-state index in [1.807, 2.05) is 5.38 Å². The molecule has 168 valence electrons. The van der Waals surface area contributed by atoms with Gasteiger partial charge in [0.1, 0.15) is 5.60 Å². The van der Waals surface area contributed by atoms with Crippen molar-refractivity contribution in [3.05, 3.63) is 22.7 Å². The van der Waals surface area contributed by atoms with E-state index in [2.05, 4.69) is 24.9 Å². The number of anilines is 1. The van der Waals surface area contributed by atoms with E-state index in [9.17, 15) is 10.2 Å². The van der Waals surface area contributed by atoms with Crippen molar-refractivity contribution < 1.29 is 15.3 Å². The summed E-state index contributed by atoms with van der Waals surface area (Å²) in [7, 11) is 0. The van der Waals surface area contributed by atoms with Crippen LogP contribution in [0.5, 0.6) is 0 Å². The highest BCUT2D eigenvalue weighted by atomic mass is 32.1. The summed E-state index contributed by atoms with van der Waals surface area (Å²) in [5.41, 5.74) is 7.50. The Labute approximate surface area is 184 Å². The van der Waals surface area contributed by atoms with Crippen LogP contribution in [0.2, 0.25) is 0 Å². The molecule has 7 atom stereocenters. The molecule has 4 N–H and O–H groups in total. The maximum Gasteiger partial charge on any atom is 0.180 e. The summed E-state index contributed by atoms with van der Waals surface area (Å²) >= 11 is 1.44. The number of nitrogens with two attached hydrogens (primary N) is 1. The molecule has 4 aliphatic rings. The van der Waals surface area contributed by atoms with E-state index in [0.717, 1.165) is 44.2 Å². The zero-order chi connectivity index (χ0) is 21.7. The summed E-state index contributed by atoms with van der Waals surface area (Å²) in [6.07, 6.45) is 10.4. The van der Waals surface area contributed by atoms with Crippen LogP contribution in [0.25, 0.3) is 0 Å². The number of nitrogen functional groups attached to an aromatic ring is 1. The number of fused-ring (bicyclic) bond motifs is 5. The second-order valence-corrected chi connectivity index (χ2v) is 11.2. The van der Waals surface area contributed by atoms with Gasteiger partial charge in [-0.15, -0.1) is 17.9 Å². The van der Waals surface area contributed by atoms with Gasteiger partial charge in [0.2, 0.25) is 0 Å². The minimum atomic E-state index is -0.837. The molecule has 1 heterocycles. The summed E-state index contributed by atoms with van der Waals surface area (Å²) in [5, 5.41) is 33.4. The normalized spacial score (nSPS) is 44.8.